The van der Waals surface area contributed by atoms with Gasteiger partial charge in [0.2, 0.25) is 5.90 Å². The summed E-state index contributed by atoms with van der Waals surface area (Å²) >= 11 is 0. The monoisotopic (exact) mass is 112 g/mol. The fourth-order valence-electron chi connectivity index (χ4n) is 0.514. The predicted octanol–water partition coefficient (Wildman–Crippen LogP) is -0.0270. The summed E-state index contributed by atoms with van der Waals surface area (Å²) in [6, 6.07) is 0. The number of hydrogen-bond acceptors (Lipinski definition) is 3. The summed E-state index contributed by atoms with van der Waals surface area (Å²) in [7, 11) is 3.49. The Bertz CT molecular complexity index is 111. The molecule has 0 amide bonds. The molecule has 1 heterocycles. The highest BCUT2D eigenvalue weighted by Crippen LogP contribution is 2.00. The van der Waals surface area contributed by atoms with Crippen LogP contribution in [0.15, 0.2) is 4.99 Å². The molecule has 1 aliphatic heterocycles. The summed E-state index contributed by atoms with van der Waals surface area (Å²) < 4.78 is 4.78. The molecule has 0 N–H and O–H groups in total. The van der Waals surface area contributed by atoms with E-state index in [0.717, 1.165) is 0 Å². The Morgan fingerprint density at radius 2 is 2.62 bits per heavy atom. The van der Waals surface area contributed by atoms with E-state index in [1.165, 1.54) is 0 Å². The maximum atomic E-state index is 4.78. The molecule has 0 atom stereocenters. The second-order valence-corrected chi connectivity index (χ2v) is 1.62. The van der Waals surface area contributed by atoms with Crippen LogP contribution >= 0.6 is 0 Å². The molecule has 0 saturated carbocycles. The molecule has 0 unspecified atom stereocenters. The average Bonchev–Trinajstić information content (AvgIpc) is 2.14. The Morgan fingerprint density at radius 3 is 2.88 bits per heavy atom. The number of methoxy groups -OCH3 is 1. The van der Waals surface area contributed by atoms with E-state index in [1.54, 1.807) is 7.11 Å². The highest BCUT2D eigenvalue weighted by molar-refractivity contribution is 5.85. The molecule has 2 radical (unpaired) electrons. The zero-order valence-electron chi connectivity index (χ0n) is 5.01. The Balaban J connectivity index is 2.37. The number of aliphatic imine (C=N–C) groups is 1. The summed E-state index contributed by atoms with van der Waals surface area (Å²) in [5.41, 5.74) is 0. The lowest BCUT2D eigenvalue weighted by Gasteiger charge is -2.00. The molecule has 3 heteroatoms. The first-order valence-corrected chi connectivity index (χ1v) is 2.39. The maximum absolute atomic E-state index is 4.78. The van der Waals surface area contributed by atoms with Crippen LogP contribution in [0.2, 0.25) is 0 Å². The molecule has 1 rings (SSSR count). The number of hydrogen-bond donors (Lipinski definition) is 0. The van der Waals surface area contributed by atoms with Crippen molar-refractivity contribution in [3.05, 3.63) is 6.54 Å². The van der Waals surface area contributed by atoms with E-state index >= 15 is 0 Å². The number of nitrogens with zero attached hydrogens (tertiary/aromatic N) is 2. The lowest BCUT2D eigenvalue weighted by Crippen LogP contribution is -2.11. The van der Waals surface area contributed by atoms with E-state index in [-0.39, 0.29) is 0 Å². The lowest BCUT2D eigenvalue weighted by atomic mass is 10.6. The van der Waals surface area contributed by atoms with Crippen LogP contribution in [0.4, 0.5) is 0 Å². The Labute approximate surface area is 49.0 Å². The second kappa shape index (κ2) is 2.13. The fraction of sp³-hybridized carbons (Fsp3) is 0.600. The summed E-state index contributed by atoms with van der Waals surface area (Å²) in [6.07, 6.45) is 0. The highest BCUT2D eigenvalue weighted by Gasteiger charge is 2.11. The van der Waals surface area contributed by atoms with Crippen LogP contribution in [0.3, 0.4) is 0 Å². The van der Waals surface area contributed by atoms with Gasteiger partial charge in [0.1, 0.15) is 0 Å². The van der Waals surface area contributed by atoms with Gasteiger partial charge in [-0.2, -0.15) is 0 Å². The van der Waals surface area contributed by atoms with E-state index in [2.05, 4.69) is 11.5 Å². The third kappa shape index (κ3) is 0.980. The van der Waals surface area contributed by atoms with E-state index in [4.69, 9.17) is 4.74 Å². The smallest absolute Gasteiger partial charge is 0.210 e. The van der Waals surface area contributed by atoms with E-state index in [1.807, 2.05) is 11.9 Å². The molecular weight excluding hydrogens is 104 g/mol. The predicted molar refractivity (Wildman–Crippen MR) is 30.3 cm³/mol. The molecule has 8 heavy (non-hydrogen) atoms. The number of rotatable bonds is 0. The van der Waals surface area contributed by atoms with Gasteiger partial charge >= 0.3 is 0 Å². The van der Waals surface area contributed by atoms with Crippen LogP contribution < -0.4 is 0 Å². The molecule has 0 aromatic rings. The molecule has 44 valence electrons. The SMILES string of the molecule is COC1=NCN(C)[C]1. The van der Waals surface area contributed by atoms with E-state index in [9.17, 15) is 0 Å². The van der Waals surface area contributed by atoms with Gasteiger partial charge in [-0.1, -0.05) is 0 Å². The van der Waals surface area contributed by atoms with Crippen molar-refractivity contribution in [2.24, 2.45) is 4.99 Å². The molecular formula is C5H8N2O. The molecule has 1 aliphatic rings. The quantitative estimate of drug-likeness (QED) is 0.439. The van der Waals surface area contributed by atoms with Crippen molar-refractivity contribution in [3.8, 4) is 0 Å². The second-order valence-electron chi connectivity index (χ2n) is 1.62. The first kappa shape index (κ1) is 5.56. The topological polar surface area (TPSA) is 24.8 Å². The molecule has 0 fully saturated rings. The normalized spacial score (nSPS) is 21.0. The van der Waals surface area contributed by atoms with Gasteiger partial charge in [0.15, 0.2) is 6.54 Å². The van der Waals surface area contributed by atoms with Crippen LogP contribution in [0.1, 0.15) is 0 Å². The molecule has 0 aliphatic carbocycles. The average molecular weight is 112 g/mol. The van der Waals surface area contributed by atoms with Crippen molar-refractivity contribution in [2.45, 2.75) is 0 Å². The minimum Gasteiger partial charge on any atom is -0.483 e. The van der Waals surface area contributed by atoms with Crippen molar-refractivity contribution in [1.82, 2.24) is 4.90 Å². The van der Waals surface area contributed by atoms with Gasteiger partial charge in [-0.15, -0.1) is 0 Å². The Hall–Kier alpha value is -0.570. The summed E-state index contributed by atoms with van der Waals surface area (Å²) in [4.78, 5) is 5.78. The maximum Gasteiger partial charge on any atom is 0.210 e. The fourth-order valence-corrected chi connectivity index (χ4v) is 0.514. The Kier molecular flexibility index (Phi) is 1.48. The van der Waals surface area contributed by atoms with Crippen LogP contribution in [0.5, 0.6) is 0 Å². The van der Waals surface area contributed by atoms with Crippen molar-refractivity contribution < 1.29 is 4.74 Å². The number of ether oxygens (including phenoxy) is 1. The van der Waals surface area contributed by atoms with Gasteiger partial charge in [0.25, 0.3) is 0 Å². The van der Waals surface area contributed by atoms with Crippen LogP contribution in [-0.4, -0.2) is 31.6 Å². The standard InChI is InChI=1S/C5H8N2O/c1-7-3-5(8-2)6-4-7/h4H2,1-2H3. The lowest BCUT2D eigenvalue weighted by molar-refractivity contribution is 0.395. The van der Waals surface area contributed by atoms with Gasteiger partial charge in [0, 0.05) is 0 Å². The van der Waals surface area contributed by atoms with E-state index in [0.29, 0.717) is 12.6 Å². The number of likely N-dealkylation sites (N-methyl/N-ethyl adjacent to an activating group) is 1. The van der Waals surface area contributed by atoms with Gasteiger partial charge in [-0.05, 0) is 7.05 Å². The zero-order chi connectivity index (χ0) is 5.98. The van der Waals surface area contributed by atoms with Crippen molar-refractivity contribution >= 4 is 5.90 Å². The summed E-state index contributed by atoms with van der Waals surface area (Å²) in [5.74, 6) is 0.590. The van der Waals surface area contributed by atoms with Crippen LogP contribution in [-0.2, 0) is 4.74 Å². The highest BCUT2D eigenvalue weighted by atomic mass is 16.5. The van der Waals surface area contributed by atoms with Gasteiger partial charge in [-0.3, -0.25) is 4.90 Å². The largest absolute Gasteiger partial charge is 0.483 e. The van der Waals surface area contributed by atoms with Gasteiger partial charge in [-0.25, -0.2) is 4.99 Å². The molecule has 0 aromatic carbocycles. The first-order valence-electron chi connectivity index (χ1n) is 2.39. The summed E-state index contributed by atoms with van der Waals surface area (Å²) in [5, 5.41) is 0. The zero-order valence-corrected chi connectivity index (χ0v) is 5.01. The van der Waals surface area contributed by atoms with Crippen molar-refractivity contribution in [1.29, 1.82) is 0 Å². The van der Waals surface area contributed by atoms with E-state index < -0.39 is 0 Å². The van der Waals surface area contributed by atoms with Gasteiger partial charge < -0.3 is 4.74 Å². The first-order chi connectivity index (χ1) is 3.83. The summed E-state index contributed by atoms with van der Waals surface area (Å²) in [6.45, 7) is 3.53. The molecule has 0 saturated heterocycles. The van der Waals surface area contributed by atoms with Crippen LogP contribution in [0, 0.1) is 6.54 Å². The minimum absolute atomic E-state index is 0.590. The van der Waals surface area contributed by atoms with Crippen molar-refractivity contribution in [3.63, 3.8) is 0 Å². The third-order valence-corrected chi connectivity index (χ3v) is 0.906. The molecule has 3 nitrogen and oxygen atoms in total. The third-order valence-electron chi connectivity index (χ3n) is 0.906. The molecule has 0 bridgehead atoms. The minimum atomic E-state index is 0.590. The molecule has 0 aromatic heterocycles. The van der Waals surface area contributed by atoms with Gasteiger partial charge in [0.05, 0.1) is 13.8 Å². The van der Waals surface area contributed by atoms with Crippen LogP contribution in [0.25, 0.3) is 0 Å². The van der Waals surface area contributed by atoms with Crippen molar-refractivity contribution in [2.75, 3.05) is 20.8 Å². The Morgan fingerprint density at radius 1 is 1.88 bits per heavy atom. The molecule has 0 spiro atoms.